The van der Waals surface area contributed by atoms with Crippen molar-refractivity contribution in [2.75, 3.05) is 26.4 Å². The van der Waals surface area contributed by atoms with Gasteiger partial charge < -0.3 is 24.8 Å². The molecule has 0 fully saturated rings. The van der Waals surface area contributed by atoms with Crippen LogP contribution in [0.2, 0.25) is 0 Å². The van der Waals surface area contributed by atoms with E-state index < -0.39 is 6.10 Å². The topological polar surface area (TPSA) is 79.2 Å². The van der Waals surface area contributed by atoms with E-state index in [9.17, 15) is 0 Å². The summed E-state index contributed by atoms with van der Waals surface area (Å²) in [5.41, 5.74) is 1.25. The van der Waals surface area contributed by atoms with E-state index in [1.807, 2.05) is 18.2 Å². The normalized spacial score (nSPS) is 13.1. The van der Waals surface area contributed by atoms with Crippen molar-refractivity contribution in [2.24, 2.45) is 17.8 Å². The number of unbranched alkanes of at least 4 members (excludes halogenated alkanes) is 3. The third-order valence-electron chi connectivity index (χ3n) is 5.94. The molecule has 39 heavy (non-hydrogen) atoms. The minimum Gasteiger partial charge on any atom is -0.396 e. The number of benzene rings is 1. The van der Waals surface area contributed by atoms with Gasteiger partial charge in [-0.25, -0.2) is 0 Å². The van der Waals surface area contributed by atoms with E-state index in [0.717, 1.165) is 51.4 Å². The average Bonchev–Trinajstić information content (AvgIpc) is 2.92. The molecular formula is C34H66O5. The first-order valence-electron chi connectivity index (χ1n) is 15.3. The van der Waals surface area contributed by atoms with Crippen LogP contribution in [0.15, 0.2) is 42.5 Å². The Morgan fingerprint density at radius 3 is 1.87 bits per heavy atom. The zero-order chi connectivity index (χ0) is 30.3. The predicted molar refractivity (Wildman–Crippen MR) is 169 cm³/mol. The summed E-state index contributed by atoms with van der Waals surface area (Å²) in [6.07, 6.45) is 12.1. The SMILES string of the molecule is CC(C)C(C)COCCCCCCO.CC(O)CO.CCC(C)OCc1ccccc1.CCC=CCC(C)C. The highest BCUT2D eigenvalue weighted by atomic mass is 16.5. The van der Waals surface area contributed by atoms with E-state index in [-0.39, 0.29) is 6.61 Å². The van der Waals surface area contributed by atoms with E-state index in [1.165, 1.54) is 31.7 Å². The van der Waals surface area contributed by atoms with Crippen LogP contribution < -0.4 is 0 Å². The molecule has 1 aromatic carbocycles. The Morgan fingerprint density at radius 2 is 1.41 bits per heavy atom. The molecule has 0 saturated heterocycles. The Labute approximate surface area is 243 Å². The number of allylic oxidation sites excluding steroid dienone is 2. The highest BCUT2D eigenvalue weighted by molar-refractivity contribution is 5.13. The first kappa shape index (κ1) is 42.2. The van der Waals surface area contributed by atoms with Gasteiger partial charge in [-0.1, -0.05) is 104 Å². The molecule has 1 aromatic rings. The van der Waals surface area contributed by atoms with Crippen molar-refractivity contribution in [2.45, 2.75) is 126 Å². The Balaban J connectivity index is -0.000000471. The zero-order valence-corrected chi connectivity index (χ0v) is 27.1. The average molecular weight is 555 g/mol. The summed E-state index contributed by atoms with van der Waals surface area (Å²) in [5, 5.41) is 24.6. The van der Waals surface area contributed by atoms with Gasteiger partial charge in [0.05, 0.1) is 25.4 Å². The third-order valence-corrected chi connectivity index (χ3v) is 5.94. The standard InChI is InChI=1S/C12H26O2.C11H16O.C8H16.C3H8O2/c1-11(2)12(3)10-14-9-7-5-4-6-8-13;1-3-10(2)12-9-11-7-5-4-6-8-11;1-4-5-6-7-8(2)3;1-3(5)2-4/h11-13H,4-10H2,1-3H3;4-8,10H,3,9H2,1-2H3;5-6,8H,4,7H2,1-3H3;3-5H,2H2,1H3. The number of hydrogen-bond acceptors (Lipinski definition) is 5. The second-order valence-corrected chi connectivity index (χ2v) is 11.0. The van der Waals surface area contributed by atoms with Gasteiger partial charge in [-0.2, -0.15) is 0 Å². The van der Waals surface area contributed by atoms with Crippen LogP contribution in [0.1, 0.15) is 113 Å². The van der Waals surface area contributed by atoms with Crippen LogP contribution >= 0.6 is 0 Å². The van der Waals surface area contributed by atoms with E-state index in [0.29, 0.717) is 24.5 Å². The highest BCUT2D eigenvalue weighted by Gasteiger charge is 2.06. The van der Waals surface area contributed by atoms with E-state index >= 15 is 0 Å². The maximum atomic E-state index is 8.57. The molecule has 0 amide bonds. The summed E-state index contributed by atoms with van der Waals surface area (Å²) >= 11 is 0. The molecule has 0 aliphatic carbocycles. The molecule has 0 radical (unpaired) electrons. The van der Waals surface area contributed by atoms with Gasteiger partial charge in [0.25, 0.3) is 0 Å². The molecule has 5 nitrogen and oxygen atoms in total. The van der Waals surface area contributed by atoms with E-state index in [4.69, 9.17) is 24.8 Å². The van der Waals surface area contributed by atoms with Gasteiger partial charge in [0.15, 0.2) is 0 Å². The molecule has 3 atom stereocenters. The largest absolute Gasteiger partial charge is 0.396 e. The summed E-state index contributed by atoms with van der Waals surface area (Å²) in [6, 6.07) is 10.3. The number of rotatable bonds is 17. The summed E-state index contributed by atoms with van der Waals surface area (Å²) < 4.78 is 11.2. The molecule has 0 spiro atoms. The molecule has 0 aliphatic rings. The Kier molecular flexibility index (Phi) is 35.7. The minimum atomic E-state index is -0.560. The van der Waals surface area contributed by atoms with Crippen LogP contribution in [-0.4, -0.2) is 54.0 Å². The first-order chi connectivity index (χ1) is 18.5. The van der Waals surface area contributed by atoms with Crippen LogP contribution in [0.5, 0.6) is 0 Å². The maximum absolute atomic E-state index is 8.57. The van der Waals surface area contributed by atoms with Gasteiger partial charge in [0.2, 0.25) is 0 Å². The third kappa shape index (κ3) is 39.0. The molecule has 0 heterocycles. The molecule has 3 unspecified atom stereocenters. The minimum absolute atomic E-state index is 0.139. The fourth-order valence-electron chi connectivity index (χ4n) is 2.60. The lowest BCUT2D eigenvalue weighted by atomic mass is 9.99. The number of hydrogen-bond donors (Lipinski definition) is 3. The Bertz CT molecular complexity index is 587. The lowest BCUT2D eigenvalue weighted by Crippen LogP contribution is -2.12. The van der Waals surface area contributed by atoms with Crippen molar-refractivity contribution in [3.63, 3.8) is 0 Å². The molecule has 1 rings (SSSR count). The van der Waals surface area contributed by atoms with Crippen molar-refractivity contribution < 1.29 is 24.8 Å². The van der Waals surface area contributed by atoms with Crippen molar-refractivity contribution in [3.05, 3.63) is 48.0 Å². The van der Waals surface area contributed by atoms with Crippen LogP contribution in [0.25, 0.3) is 0 Å². The fraction of sp³-hybridized carbons (Fsp3) is 0.765. The van der Waals surface area contributed by atoms with E-state index in [1.54, 1.807) is 0 Å². The van der Waals surface area contributed by atoms with Crippen molar-refractivity contribution in [1.82, 2.24) is 0 Å². The molecular weight excluding hydrogens is 488 g/mol. The smallest absolute Gasteiger partial charge is 0.0742 e. The molecule has 5 heteroatoms. The summed E-state index contributed by atoms with van der Waals surface area (Å²) in [4.78, 5) is 0. The lowest BCUT2D eigenvalue weighted by Gasteiger charge is -2.15. The molecule has 3 N–H and O–H groups in total. The molecule has 0 aromatic heterocycles. The summed E-state index contributed by atoms with van der Waals surface area (Å²) in [5.74, 6) is 2.19. The van der Waals surface area contributed by atoms with Crippen LogP contribution in [0.3, 0.4) is 0 Å². The maximum Gasteiger partial charge on any atom is 0.0742 e. The van der Waals surface area contributed by atoms with Gasteiger partial charge >= 0.3 is 0 Å². The highest BCUT2D eigenvalue weighted by Crippen LogP contribution is 2.10. The van der Waals surface area contributed by atoms with Crippen LogP contribution in [0.4, 0.5) is 0 Å². The van der Waals surface area contributed by atoms with Crippen molar-refractivity contribution in [3.8, 4) is 0 Å². The monoisotopic (exact) mass is 554 g/mol. The first-order valence-corrected chi connectivity index (χ1v) is 15.3. The van der Waals surface area contributed by atoms with Crippen molar-refractivity contribution in [1.29, 1.82) is 0 Å². The van der Waals surface area contributed by atoms with E-state index in [2.05, 4.69) is 79.7 Å². The number of aliphatic hydroxyl groups is 3. The molecule has 232 valence electrons. The Morgan fingerprint density at radius 1 is 0.821 bits per heavy atom. The van der Waals surface area contributed by atoms with Gasteiger partial charge in [-0.05, 0) is 69.3 Å². The number of ether oxygens (including phenoxy) is 2. The Hall–Kier alpha value is -1.24. The predicted octanol–water partition coefficient (Wildman–Crippen LogP) is 8.21. The van der Waals surface area contributed by atoms with Gasteiger partial charge in [0.1, 0.15) is 0 Å². The molecule has 0 bridgehead atoms. The van der Waals surface area contributed by atoms with Gasteiger partial charge in [0, 0.05) is 19.8 Å². The number of aliphatic hydroxyl groups excluding tert-OH is 3. The van der Waals surface area contributed by atoms with Gasteiger partial charge in [-0.3, -0.25) is 0 Å². The second kappa shape index (κ2) is 33.0. The summed E-state index contributed by atoms with van der Waals surface area (Å²) in [6.45, 7) is 21.8. The summed E-state index contributed by atoms with van der Waals surface area (Å²) in [7, 11) is 0. The lowest BCUT2D eigenvalue weighted by molar-refractivity contribution is 0.0508. The molecule has 0 saturated carbocycles. The van der Waals surface area contributed by atoms with Crippen molar-refractivity contribution >= 4 is 0 Å². The van der Waals surface area contributed by atoms with Gasteiger partial charge in [-0.15, -0.1) is 0 Å². The second-order valence-electron chi connectivity index (χ2n) is 11.0. The van der Waals surface area contributed by atoms with Crippen LogP contribution in [-0.2, 0) is 16.1 Å². The van der Waals surface area contributed by atoms with Crippen LogP contribution in [0, 0.1) is 17.8 Å². The zero-order valence-electron chi connectivity index (χ0n) is 27.1. The quantitative estimate of drug-likeness (QED) is 0.134. The fourth-order valence-corrected chi connectivity index (χ4v) is 2.60. The molecule has 0 aliphatic heterocycles.